The lowest BCUT2D eigenvalue weighted by Crippen LogP contribution is -2.01. The molecular formula is C10H10FN3S. The van der Waals surface area contributed by atoms with E-state index in [1.165, 1.54) is 23.7 Å². The Morgan fingerprint density at radius 3 is 3.00 bits per heavy atom. The van der Waals surface area contributed by atoms with Crippen LogP contribution in [-0.2, 0) is 6.54 Å². The van der Waals surface area contributed by atoms with Crippen molar-refractivity contribution in [1.82, 2.24) is 9.59 Å². The minimum absolute atomic E-state index is 0.214. The van der Waals surface area contributed by atoms with Gasteiger partial charge in [-0.25, -0.2) is 4.39 Å². The van der Waals surface area contributed by atoms with E-state index in [1.54, 1.807) is 6.07 Å². The number of aryl methyl sites for hydroxylation is 1. The maximum atomic E-state index is 12.8. The Hall–Kier alpha value is -1.49. The third kappa shape index (κ3) is 2.50. The molecule has 2 rings (SSSR count). The van der Waals surface area contributed by atoms with Gasteiger partial charge in [0.1, 0.15) is 5.82 Å². The van der Waals surface area contributed by atoms with E-state index in [2.05, 4.69) is 14.9 Å². The molecule has 0 atom stereocenters. The molecule has 1 aromatic carbocycles. The van der Waals surface area contributed by atoms with Crippen molar-refractivity contribution in [3.8, 4) is 0 Å². The lowest BCUT2D eigenvalue weighted by atomic mass is 10.2. The fourth-order valence-corrected chi connectivity index (χ4v) is 1.72. The Labute approximate surface area is 91.1 Å². The molecule has 0 amide bonds. The molecule has 0 fully saturated rings. The molecule has 0 saturated carbocycles. The van der Waals surface area contributed by atoms with Gasteiger partial charge in [-0.3, -0.25) is 0 Å². The average molecular weight is 223 g/mol. The average Bonchev–Trinajstić information content (AvgIpc) is 2.69. The second kappa shape index (κ2) is 4.35. The summed E-state index contributed by atoms with van der Waals surface area (Å²) in [7, 11) is 0. The number of benzene rings is 1. The standard InChI is InChI=1S/C10H10FN3S/c1-7-4-8(11)2-3-10(7)12-5-9-6-15-14-13-9/h2-4,6,12H,5H2,1H3. The summed E-state index contributed by atoms with van der Waals surface area (Å²) in [5.41, 5.74) is 2.70. The molecule has 1 N–H and O–H groups in total. The summed E-state index contributed by atoms with van der Waals surface area (Å²) in [6.45, 7) is 2.48. The van der Waals surface area contributed by atoms with Crippen molar-refractivity contribution in [1.29, 1.82) is 0 Å². The normalized spacial score (nSPS) is 10.3. The second-order valence-electron chi connectivity index (χ2n) is 3.21. The monoisotopic (exact) mass is 223 g/mol. The van der Waals surface area contributed by atoms with Crippen LogP contribution in [0.3, 0.4) is 0 Å². The molecule has 0 saturated heterocycles. The Morgan fingerprint density at radius 1 is 1.47 bits per heavy atom. The summed E-state index contributed by atoms with van der Waals surface area (Å²) in [6.07, 6.45) is 0. The van der Waals surface area contributed by atoms with Crippen molar-refractivity contribution in [3.63, 3.8) is 0 Å². The number of halogens is 1. The quantitative estimate of drug-likeness (QED) is 0.869. The van der Waals surface area contributed by atoms with Gasteiger partial charge in [0.25, 0.3) is 0 Å². The number of hydrogen-bond donors (Lipinski definition) is 1. The summed E-state index contributed by atoms with van der Waals surface area (Å²) in [6, 6.07) is 4.67. The summed E-state index contributed by atoms with van der Waals surface area (Å²) < 4.78 is 16.6. The molecule has 5 heteroatoms. The maximum absolute atomic E-state index is 12.8. The van der Waals surface area contributed by atoms with Gasteiger partial charge in [0.15, 0.2) is 0 Å². The summed E-state index contributed by atoms with van der Waals surface area (Å²) in [4.78, 5) is 0. The fourth-order valence-electron chi connectivity index (χ4n) is 1.27. The first-order valence-electron chi connectivity index (χ1n) is 4.51. The lowest BCUT2D eigenvalue weighted by Gasteiger charge is -2.07. The van der Waals surface area contributed by atoms with Gasteiger partial charge in [0.2, 0.25) is 0 Å². The molecule has 2 aromatic rings. The minimum Gasteiger partial charge on any atom is -0.379 e. The first kappa shape index (κ1) is 10.0. The highest BCUT2D eigenvalue weighted by atomic mass is 32.1. The Bertz CT molecular complexity index is 442. The van der Waals surface area contributed by atoms with Crippen molar-refractivity contribution in [2.45, 2.75) is 13.5 Å². The van der Waals surface area contributed by atoms with Crippen LogP contribution in [0.1, 0.15) is 11.3 Å². The molecule has 78 valence electrons. The van der Waals surface area contributed by atoms with Gasteiger partial charge < -0.3 is 5.32 Å². The first-order valence-corrected chi connectivity index (χ1v) is 5.35. The maximum Gasteiger partial charge on any atom is 0.123 e. The van der Waals surface area contributed by atoms with E-state index in [9.17, 15) is 4.39 Å². The third-order valence-electron chi connectivity index (χ3n) is 2.05. The third-order valence-corrected chi connectivity index (χ3v) is 2.61. The summed E-state index contributed by atoms with van der Waals surface area (Å²) >= 11 is 1.32. The van der Waals surface area contributed by atoms with Crippen LogP contribution in [-0.4, -0.2) is 9.59 Å². The Balaban J connectivity index is 2.05. The number of rotatable bonds is 3. The van der Waals surface area contributed by atoms with Crippen LogP contribution >= 0.6 is 11.5 Å². The van der Waals surface area contributed by atoms with Gasteiger partial charge in [-0.15, -0.1) is 5.10 Å². The number of anilines is 1. The van der Waals surface area contributed by atoms with Gasteiger partial charge >= 0.3 is 0 Å². The van der Waals surface area contributed by atoms with E-state index in [-0.39, 0.29) is 5.82 Å². The number of aromatic nitrogens is 2. The van der Waals surface area contributed by atoms with Crippen LogP contribution in [0.4, 0.5) is 10.1 Å². The van der Waals surface area contributed by atoms with Gasteiger partial charge in [-0.05, 0) is 42.2 Å². The fraction of sp³-hybridized carbons (Fsp3) is 0.200. The lowest BCUT2D eigenvalue weighted by molar-refractivity contribution is 0.627. The minimum atomic E-state index is -0.214. The molecule has 0 bridgehead atoms. The molecule has 0 unspecified atom stereocenters. The highest BCUT2D eigenvalue weighted by Gasteiger charge is 2.00. The Morgan fingerprint density at radius 2 is 2.33 bits per heavy atom. The molecule has 0 aliphatic rings. The zero-order valence-electron chi connectivity index (χ0n) is 8.20. The van der Waals surface area contributed by atoms with Crippen molar-refractivity contribution in [3.05, 3.63) is 40.7 Å². The molecule has 0 radical (unpaired) electrons. The number of hydrogen-bond acceptors (Lipinski definition) is 4. The number of nitrogens with zero attached hydrogens (tertiary/aromatic N) is 2. The molecule has 1 aromatic heterocycles. The van der Waals surface area contributed by atoms with Crippen LogP contribution in [0.15, 0.2) is 23.6 Å². The van der Waals surface area contributed by atoms with E-state index < -0.39 is 0 Å². The molecule has 1 heterocycles. The summed E-state index contributed by atoms with van der Waals surface area (Å²) in [5.74, 6) is -0.214. The topological polar surface area (TPSA) is 37.8 Å². The molecule has 0 spiro atoms. The summed E-state index contributed by atoms with van der Waals surface area (Å²) in [5, 5.41) is 8.97. The molecule has 15 heavy (non-hydrogen) atoms. The van der Waals surface area contributed by atoms with E-state index in [4.69, 9.17) is 0 Å². The molecule has 0 aliphatic heterocycles. The van der Waals surface area contributed by atoms with Gasteiger partial charge in [-0.2, -0.15) is 0 Å². The largest absolute Gasteiger partial charge is 0.379 e. The smallest absolute Gasteiger partial charge is 0.123 e. The van der Waals surface area contributed by atoms with Crippen LogP contribution in [0.2, 0.25) is 0 Å². The van der Waals surface area contributed by atoms with Crippen LogP contribution in [0, 0.1) is 12.7 Å². The van der Waals surface area contributed by atoms with Crippen LogP contribution in [0.5, 0.6) is 0 Å². The first-order chi connectivity index (χ1) is 7.25. The predicted molar refractivity (Wildman–Crippen MR) is 58.4 cm³/mol. The SMILES string of the molecule is Cc1cc(F)ccc1NCc1csnn1. The number of nitrogens with one attached hydrogen (secondary N) is 1. The highest BCUT2D eigenvalue weighted by molar-refractivity contribution is 7.03. The zero-order valence-corrected chi connectivity index (χ0v) is 9.01. The van der Waals surface area contributed by atoms with Crippen molar-refractivity contribution in [2.75, 3.05) is 5.32 Å². The van der Waals surface area contributed by atoms with Gasteiger partial charge in [0.05, 0.1) is 12.2 Å². The predicted octanol–water partition coefficient (Wildman–Crippen LogP) is 2.60. The van der Waals surface area contributed by atoms with E-state index in [0.29, 0.717) is 6.54 Å². The Kier molecular flexibility index (Phi) is 2.91. The van der Waals surface area contributed by atoms with Crippen molar-refractivity contribution < 1.29 is 4.39 Å². The van der Waals surface area contributed by atoms with Crippen LogP contribution < -0.4 is 5.32 Å². The van der Waals surface area contributed by atoms with E-state index in [1.807, 2.05) is 12.3 Å². The van der Waals surface area contributed by atoms with E-state index in [0.717, 1.165) is 16.9 Å². The van der Waals surface area contributed by atoms with Gasteiger partial charge in [0, 0.05) is 11.1 Å². The van der Waals surface area contributed by atoms with Crippen LogP contribution in [0.25, 0.3) is 0 Å². The van der Waals surface area contributed by atoms with Crippen molar-refractivity contribution >= 4 is 17.2 Å². The molecule has 3 nitrogen and oxygen atoms in total. The molecule has 0 aliphatic carbocycles. The second-order valence-corrected chi connectivity index (χ2v) is 3.82. The highest BCUT2D eigenvalue weighted by Crippen LogP contribution is 2.16. The van der Waals surface area contributed by atoms with E-state index >= 15 is 0 Å². The zero-order chi connectivity index (χ0) is 10.7. The molecular weight excluding hydrogens is 213 g/mol. The van der Waals surface area contributed by atoms with Crippen molar-refractivity contribution in [2.24, 2.45) is 0 Å². The van der Waals surface area contributed by atoms with Gasteiger partial charge in [-0.1, -0.05) is 4.49 Å².